The van der Waals surface area contributed by atoms with E-state index in [1.807, 2.05) is 0 Å². The summed E-state index contributed by atoms with van der Waals surface area (Å²) >= 11 is 6.07. The Hall–Kier alpha value is -5.29. The summed E-state index contributed by atoms with van der Waals surface area (Å²) < 4.78 is 36.0. The van der Waals surface area contributed by atoms with Crippen molar-refractivity contribution in [2.75, 3.05) is 0 Å². The van der Waals surface area contributed by atoms with Crippen LogP contribution >= 0.6 is 11.6 Å². The zero-order chi connectivity index (χ0) is 27.9. The normalized spacial score (nSPS) is 10.3. The van der Waals surface area contributed by atoms with Gasteiger partial charge in [-0.15, -0.1) is 0 Å². The first kappa shape index (κ1) is 26.8. The van der Waals surface area contributed by atoms with Crippen molar-refractivity contribution in [3.8, 4) is 28.7 Å². The molecule has 0 amide bonds. The lowest BCUT2D eigenvalue weighted by molar-refractivity contribution is -0.384. The standard InChI is InChI=1S/C27H15ClFNO9/c28-16-6-12-21(23(14-16)37-18-4-2-1-3-5-18)39-27(33)25-22(36-15-31)13-11-20(29)24(25)26(32)38-19-9-7-17(8-10-19)30(34)35/h1-15H. The van der Waals surface area contributed by atoms with E-state index in [2.05, 4.69) is 0 Å². The maximum Gasteiger partial charge on any atom is 0.348 e. The zero-order valence-corrected chi connectivity index (χ0v) is 20.3. The molecule has 10 nitrogen and oxygen atoms in total. The van der Waals surface area contributed by atoms with E-state index in [9.17, 15) is 28.9 Å². The van der Waals surface area contributed by atoms with Crippen LogP contribution < -0.4 is 18.9 Å². The summed E-state index contributed by atoms with van der Waals surface area (Å²) in [6.45, 7) is -0.0261. The first-order valence-electron chi connectivity index (χ1n) is 10.9. The minimum Gasteiger partial charge on any atom is -0.453 e. The number of benzene rings is 4. The summed E-state index contributed by atoms with van der Waals surface area (Å²) in [4.78, 5) is 47.5. The highest BCUT2D eigenvalue weighted by Crippen LogP contribution is 2.36. The number of halogens is 2. The van der Waals surface area contributed by atoms with Crippen LogP contribution in [0.15, 0.2) is 84.9 Å². The Kier molecular flexibility index (Phi) is 8.12. The van der Waals surface area contributed by atoms with E-state index in [0.29, 0.717) is 5.75 Å². The van der Waals surface area contributed by atoms with E-state index < -0.39 is 39.6 Å². The first-order valence-corrected chi connectivity index (χ1v) is 11.3. The van der Waals surface area contributed by atoms with E-state index in [1.165, 1.54) is 18.2 Å². The Morgan fingerprint density at radius 1 is 0.795 bits per heavy atom. The van der Waals surface area contributed by atoms with Gasteiger partial charge in [-0.3, -0.25) is 14.9 Å². The molecule has 0 fully saturated rings. The number of carbonyl (C=O) groups is 3. The highest BCUT2D eigenvalue weighted by molar-refractivity contribution is 6.30. The van der Waals surface area contributed by atoms with Gasteiger partial charge in [0, 0.05) is 23.2 Å². The van der Waals surface area contributed by atoms with Gasteiger partial charge in [0.05, 0.1) is 4.92 Å². The van der Waals surface area contributed by atoms with Gasteiger partial charge in [-0.05, 0) is 48.5 Å². The average molecular weight is 552 g/mol. The fourth-order valence-electron chi connectivity index (χ4n) is 3.32. The third-order valence-electron chi connectivity index (χ3n) is 5.04. The lowest BCUT2D eigenvalue weighted by Crippen LogP contribution is -2.21. The number of ether oxygens (including phenoxy) is 4. The molecule has 0 aliphatic carbocycles. The van der Waals surface area contributed by atoms with Gasteiger partial charge >= 0.3 is 11.9 Å². The third kappa shape index (κ3) is 6.35. The van der Waals surface area contributed by atoms with Crippen LogP contribution in [0, 0.1) is 15.9 Å². The Morgan fingerprint density at radius 2 is 1.46 bits per heavy atom. The van der Waals surface area contributed by atoms with Gasteiger partial charge in [-0.1, -0.05) is 29.8 Å². The molecule has 12 heteroatoms. The summed E-state index contributed by atoms with van der Waals surface area (Å²) in [6, 6.07) is 18.6. The highest BCUT2D eigenvalue weighted by atomic mass is 35.5. The summed E-state index contributed by atoms with van der Waals surface area (Å²) in [5.74, 6) is -4.25. The number of esters is 2. The van der Waals surface area contributed by atoms with Crippen LogP contribution in [0.4, 0.5) is 10.1 Å². The van der Waals surface area contributed by atoms with Gasteiger partial charge in [0.25, 0.3) is 12.2 Å². The molecule has 0 unspecified atom stereocenters. The fourth-order valence-corrected chi connectivity index (χ4v) is 3.48. The fraction of sp³-hybridized carbons (Fsp3) is 0. The largest absolute Gasteiger partial charge is 0.453 e. The predicted octanol–water partition coefficient (Wildman–Crippen LogP) is 6.15. The van der Waals surface area contributed by atoms with Crippen LogP contribution in [0.1, 0.15) is 20.7 Å². The van der Waals surface area contributed by atoms with Crippen LogP contribution in [-0.4, -0.2) is 23.3 Å². The molecule has 0 bridgehead atoms. The topological polar surface area (TPSA) is 131 Å². The molecule has 0 atom stereocenters. The number of hydrogen-bond donors (Lipinski definition) is 0. The molecule has 39 heavy (non-hydrogen) atoms. The van der Waals surface area contributed by atoms with E-state index in [4.69, 9.17) is 30.5 Å². The van der Waals surface area contributed by atoms with Gasteiger partial charge in [0.15, 0.2) is 11.5 Å². The second-order valence-electron chi connectivity index (χ2n) is 7.55. The van der Waals surface area contributed by atoms with Crippen molar-refractivity contribution in [3.05, 3.63) is 117 Å². The molecule has 0 saturated heterocycles. The van der Waals surface area contributed by atoms with Crippen molar-refractivity contribution in [1.29, 1.82) is 0 Å². The lowest BCUT2D eigenvalue weighted by atomic mass is 10.1. The SMILES string of the molecule is O=COc1ccc(F)c(C(=O)Oc2ccc([N+](=O)[O-])cc2)c1C(=O)Oc1ccc(Cl)cc1Oc1ccccc1. The molecule has 0 aromatic heterocycles. The van der Waals surface area contributed by atoms with Crippen molar-refractivity contribution in [1.82, 2.24) is 0 Å². The quantitative estimate of drug-likeness (QED) is 0.0789. The zero-order valence-electron chi connectivity index (χ0n) is 19.5. The van der Waals surface area contributed by atoms with E-state index in [0.717, 1.165) is 36.4 Å². The summed E-state index contributed by atoms with van der Waals surface area (Å²) in [5.41, 5.74) is -1.94. The van der Waals surface area contributed by atoms with Crippen LogP contribution in [0.2, 0.25) is 5.02 Å². The second kappa shape index (κ2) is 11.8. The van der Waals surface area contributed by atoms with Crippen molar-refractivity contribution in [3.63, 3.8) is 0 Å². The Morgan fingerprint density at radius 3 is 2.13 bits per heavy atom. The molecule has 0 heterocycles. The predicted molar refractivity (Wildman–Crippen MR) is 134 cm³/mol. The third-order valence-corrected chi connectivity index (χ3v) is 5.27. The number of nitrogens with zero attached hydrogens (tertiary/aromatic N) is 1. The van der Waals surface area contributed by atoms with Gasteiger partial charge < -0.3 is 18.9 Å². The number of nitro groups is 1. The summed E-state index contributed by atoms with van der Waals surface area (Å²) in [6.07, 6.45) is 0. The Bertz CT molecular complexity index is 1560. The Balaban J connectivity index is 1.70. The molecule has 4 aromatic carbocycles. The monoisotopic (exact) mass is 551 g/mol. The number of non-ortho nitro benzene ring substituents is 1. The van der Waals surface area contributed by atoms with Crippen molar-refractivity contribution in [2.24, 2.45) is 0 Å². The molecular formula is C27H15ClFNO9. The maximum absolute atomic E-state index is 14.9. The molecule has 0 saturated carbocycles. The average Bonchev–Trinajstić information content (AvgIpc) is 2.92. The Labute approximate surface area is 224 Å². The number of para-hydroxylation sites is 1. The first-order chi connectivity index (χ1) is 18.8. The molecule has 4 aromatic rings. The molecule has 0 aliphatic heterocycles. The van der Waals surface area contributed by atoms with E-state index in [1.54, 1.807) is 30.3 Å². The van der Waals surface area contributed by atoms with E-state index >= 15 is 0 Å². The summed E-state index contributed by atoms with van der Waals surface area (Å²) in [5, 5.41) is 11.1. The minimum atomic E-state index is -1.36. The van der Waals surface area contributed by atoms with Crippen LogP contribution in [-0.2, 0) is 4.79 Å². The van der Waals surface area contributed by atoms with Gasteiger partial charge in [-0.2, -0.15) is 0 Å². The molecule has 0 N–H and O–H groups in total. The second-order valence-corrected chi connectivity index (χ2v) is 7.98. The highest BCUT2D eigenvalue weighted by Gasteiger charge is 2.30. The van der Waals surface area contributed by atoms with Crippen LogP contribution in [0.5, 0.6) is 28.7 Å². The van der Waals surface area contributed by atoms with Gasteiger partial charge in [-0.25, -0.2) is 14.0 Å². The lowest BCUT2D eigenvalue weighted by Gasteiger charge is -2.15. The number of carbonyl (C=O) groups excluding carboxylic acids is 3. The summed E-state index contributed by atoms with van der Waals surface area (Å²) in [7, 11) is 0. The maximum atomic E-state index is 14.9. The number of nitro benzene ring substituents is 1. The van der Waals surface area contributed by atoms with Gasteiger partial charge in [0.1, 0.15) is 34.2 Å². The molecule has 0 spiro atoms. The molecule has 196 valence electrons. The van der Waals surface area contributed by atoms with Crippen LogP contribution in [0.25, 0.3) is 0 Å². The van der Waals surface area contributed by atoms with E-state index in [-0.39, 0.29) is 34.4 Å². The smallest absolute Gasteiger partial charge is 0.348 e. The van der Waals surface area contributed by atoms with Crippen molar-refractivity contribution in [2.45, 2.75) is 0 Å². The van der Waals surface area contributed by atoms with Crippen LogP contribution in [0.3, 0.4) is 0 Å². The minimum absolute atomic E-state index is 0.0197. The number of rotatable bonds is 9. The molecule has 0 aliphatic rings. The van der Waals surface area contributed by atoms with Crippen molar-refractivity contribution >= 4 is 35.7 Å². The van der Waals surface area contributed by atoms with Crippen molar-refractivity contribution < 1.29 is 42.6 Å². The molecular weight excluding hydrogens is 537 g/mol. The molecule has 4 rings (SSSR count). The molecule has 0 radical (unpaired) electrons. The number of hydrogen-bond acceptors (Lipinski definition) is 9. The van der Waals surface area contributed by atoms with Gasteiger partial charge in [0.2, 0.25) is 0 Å².